The van der Waals surface area contributed by atoms with Crippen LogP contribution in [0.2, 0.25) is 5.02 Å². The molecule has 4 aromatic rings. The highest BCUT2D eigenvalue weighted by molar-refractivity contribution is 6.36. The minimum absolute atomic E-state index is 0.134. The Morgan fingerprint density at radius 2 is 1.65 bits per heavy atom. The summed E-state index contributed by atoms with van der Waals surface area (Å²) in [4.78, 5) is 0. The van der Waals surface area contributed by atoms with Crippen LogP contribution < -0.4 is 0 Å². The topological polar surface area (TPSA) is 13.1 Å². The number of benzene rings is 3. The average Bonchev–Trinajstić information content (AvgIpc) is 3.14. The fourth-order valence-corrected chi connectivity index (χ4v) is 2.19. The monoisotopic (exact) mass is 289 g/mol. The van der Waals surface area contributed by atoms with Crippen LogP contribution in [0, 0.1) is 0 Å². The number of rotatable bonds is 1. The van der Waals surface area contributed by atoms with E-state index in [0.29, 0.717) is 0 Å². The third-order valence-corrected chi connectivity index (χ3v) is 3.10. The van der Waals surface area contributed by atoms with E-state index >= 15 is 0 Å². The molecule has 0 fully saturated rings. The van der Waals surface area contributed by atoms with E-state index in [1.165, 1.54) is 0 Å². The molecule has 0 aliphatic carbocycles. The molecule has 0 N–H and O–H groups in total. The van der Waals surface area contributed by atoms with Gasteiger partial charge in [0.25, 0.3) is 0 Å². The molecule has 0 saturated heterocycles. The molecule has 0 saturated carbocycles. The van der Waals surface area contributed by atoms with E-state index in [1.807, 2.05) is 0 Å². The Morgan fingerprint density at radius 1 is 0.850 bits per heavy atom. The van der Waals surface area contributed by atoms with Crippen LogP contribution in [-0.4, -0.2) is 0 Å². The van der Waals surface area contributed by atoms with Gasteiger partial charge in [-0.05, 0) is 23.2 Å². The van der Waals surface area contributed by atoms with Crippen molar-refractivity contribution >= 4 is 33.5 Å². The maximum Gasteiger partial charge on any atom is 0.154 e. The van der Waals surface area contributed by atoms with E-state index in [0.717, 1.165) is 0 Å². The van der Waals surface area contributed by atoms with Crippen LogP contribution in [0.25, 0.3) is 33.1 Å². The van der Waals surface area contributed by atoms with E-state index in [9.17, 15) is 0 Å². The van der Waals surface area contributed by atoms with E-state index in [4.69, 9.17) is 31.1 Å². The first kappa shape index (κ1) is 4.94. The third kappa shape index (κ3) is 1.64. The Hall–Kier alpha value is -2.25. The van der Waals surface area contributed by atoms with Crippen molar-refractivity contribution in [1.29, 1.82) is 0 Å². The first-order chi connectivity index (χ1) is 14.4. The Morgan fingerprint density at radius 3 is 2.50 bits per heavy atom. The highest BCUT2D eigenvalue weighted by Crippen LogP contribution is 2.38. The number of hydrogen-bond donors (Lipinski definition) is 0. The Labute approximate surface area is 136 Å². The lowest BCUT2D eigenvalue weighted by Crippen LogP contribution is -1.78. The van der Waals surface area contributed by atoms with Gasteiger partial charge in [-0.1, -0.05) is 66.0 Å². The number of para-hydroxylation sites is 1. The Kier molecular flexibility index (Phi) is 1.09. The summed E-state index contributed by atoms with van der Waals surface area (Å²) < 4.78 is 94.7. The third-order valence-electron chi connectivity index (χ3n) is 2.83. The van der Waals surface area contributed by atoms with Crippen LogP contribution in [-0.2, 0) is 0 Å². The van der Waals surface area contributed by atoms with Gasteiger partial charge in [-0.25, -0.2) is 0 Å². The summed E-state index contributed by atoms with van der Waals surface area (Å²) in [7, 11) is 0. The zero-order valence-electron chi connectivity index (χ0n) is 20.8. The van der Waals surface area contributed by atoms with Crippen LogP contribution in [0.1, 0.15) is 15.1 Å². The molecule has 20 heavy (non-hydrogen) atoms. The van der Waals surface area contributed by atoms with Gasteiger partial charge in [0, 0.05) is 10.8 Å². The predicted molar refractivity (Wildman–Crippen MR) is 84.2 cm³/mol. The molecule has 0 unspecified atom stereocenters. The molecule has 0 radical (unpaired) electrons. The lowest BCUT2D eigenvalue weighted by Gasteiger charge is -2.03. The molecule has 1 nitrogen and oxygen atoms in total. The van der Waals surface area contributed by atoms with Gasteiger partial charge in [0.1, 0.15) is 5.58 Å². The highest BCUT2D eigenvalue weighted by Gasteiger charge is 2.13. The first-order valence-corrected chi connectivity index (χ1v) is 5.98. The summed E-state index contributed by atoms with van der Waals surface area (Å²) in [6.07, 6.45) is 0. The number of halogens is 1. The summed E-state index contributed by atoms with van der Waals surface area (Å²) in [6.45, 7) is 0. The van der Waals surface area contributed by atoms with E-state index < -0.39 is 72.0 Å². The fourth-order valence-electron chi connectivity index (χ4n) is 2.01. The number of furan rings is 1. The zero-order chi connectivity index (χ0) is 23.1. The van der Waals surface area contributed by atoms with Crippen molar-refractivity contribution in [2.45, 2.75) is 0 Å². The summed E-state index contributed by atoms with van der Waals surface area (Å²) in [5.41, 5.74) is -1.20. The van der Waals surface area contributed by atoms with Crippen molar-refractivity contribution in [3.8, 4) is 11.1 Å². The van der Waals surface area contributed by atoms with Gasteiger partial charge in [0.05, 0.1) is 20.1 Å². The molecule has 2 heteroatoms. The predicted octanol–water partition coefficient (Wildman–Crippen LogP) is 5.91. The molecule has 0 aliphatic heterocycles. The molecular formula is C18H11ClO. The van der Waals surface area contributed by atoms with Crippen LogP contribution in [0.3, 0.4) is 0 Å². The van der Waals surface area contributed by atoms with Gasteiger partial charge >= 0.3 is 0 Å². The molecule has 0 amide bonds. The highest BCUT2D eigenvalue weighted by atomic mass is 35.5. The normalized spacial score (nSPS) is 18.9. The number of hydrogen-bond acceptors (Lipinski definition) is 1. The molecule has 0 atom stereocenters. The molecular weight excluding hydrogens is 268 g/mol. The van der Waals surface area contributed by atoms with Crippen molar-refractivity contribution in [3.63, 3.8) is 0 Å². The van der Waals surface area contributed by atoms with Crippen LogP contribution in [0.5, 0.6) is 0 Å². The largest absolute Gasteiger partial charge is 0.454 e. The molecule has 1 heterocycles. The maximum atomic E-state index is 8.41. The SMILES string of the molecule is [2H]c1c([2H])c([2H])c(-c2c([2H])c([2H])c([2H])c3oc4c(Cl)c([2H])c([2H])c([2H])c4c23)c([2H])c1[2H]. The second-order valence-electron chi connectivity index (χ2n) is 3.95. The minimum atomic E-state index is -0.656. The van der Waals surface area contributed by atoms with Gasteiger partial charge in [0.2, 0.25) is 0 Å². The van der Waals surface area contributed by atoms with Gasteiger partial charge in [-0.15, -0.1) is 0 Å². The molecule has 0 bridgehead atoms. The zero-order valence-corrected chi connectivity index (χ0v) is 10.5. The van der Waals surface area contributed by atoms with Gasteiger partial charge in [0.15, 0.2) is 5.58 Å². The Balaban J connectivity index is 2.40. The van der Waals surface area contributed by atoms with Crippen molar-refractivity contribution < 1.29 is 19.5 Å². The van der Waals surface area contributed by atoms with Crippen LogP contribution in [0.15, 0.2) is 70.9 Å². The molecule has 3 aromatic carbocycles. The van der Waals surface area contributed by atoms with E-state index in [-0.39, 0.29) is 32.5 Å². The molecule has 0 aliphatic rings. The average molecular weight is 290 g/mol. The van der Waals surface area contributed by atoms with E-state index in [2.05, 4.69) is 0 Å². The second kappa shape index (κ2) is 4.39. The summed E-state index contributed by atoms with van der Waals surface area (Å²) in [5, 5.41) is -0.582. The van der Waals surface area contributed by atoms with Crippen molar-refractivity contribution in [1.82, 2.24) is 0 Å². The van der Waals surface area contributed by atoms with E-state index in [1.54, 1.807) is 0 Å². The standard InChI is InChI=1S/C18H11ClO/c19-15-10-4-9-14-17-13(12-6-2-1-3-7-12)8-5-11-16(17)20-18(14)15/h1-11H/i1D,2D,3D,4D,5D,6D,7D,8D,9D,10D,11D. The Bertz CT molecular complexity index is 1430. The van der Waals surface area contributed by atoms with Crippen LogP contribution in [0.4, 0.5) is 0 Å². The lowest BCUT2D eigenvalue weighted by atomic mass is 10.00. The summed E-state index contributed by atoms with van der Waals surface area (Å²) >= 11 is 6.14. The lowest BCUT2D eigenvalue weighted by molar-refractivity contribution is 0.669. The van der Waals surface area contributed by atoms with Gasteiger partial charge in [-0.2, -0.15) is 0 Å². The molecule has 96 valence electrons. The molecule has 0 spiro atoms. The van der Waals surface area contributed by atoms with Crippen molar-refractivity contribution in [2.24, 2.45) is 0 Å². The number of fused-ring (bicyclic) bond motifs is 3. The maximum absolute atomic E-state index is 8.41. The quantitative estimate of drug-likeness (QED) is 0.425. The van der Waals surface area contributed by atoms with Gasteiger partial charge in [-0.3, -0.25) is 0 Å². The first-order valence-electron chi connectivity index (χ1n) is 11.1. The second-order valence-corrected chi connectivity index (χ2v) is 4.33. The fraction of sp³-hybridized carbons (Fsp3) is 0. The summed E-state index contributed by atoms with van der Waals surface area (Å²) in [6, 6.07) is -6.47. The minimum Gasteiger partial charge on any atom is -0.454 e. The molecule has 4 rings (SSSR count). The smallest absolute Gasteiger partial charge is 0.154 e. The van der Waals surface area contributed by atoms with Gasteiger partial charge < -0.3 is 4.42 Å². The summed E-state index contributed by atoms with van der Waals surface area (Å²) in [5.74, 6) is 0. The molecule has 1 aromatic heterocycles. The van der Waals surface area contributed by atoms with Crippen molar-refractivity contribution in [2.75, 3.05) is 0 Å². The van der Waals surface area contributed by atoms with Crippen molar-refractivity contribution in [3.05, 3.63) is 71.5 Å². The van der Waals surface area contributed by atoms with Crippen LogP contribution >= 0.6 is 11.6 Å².